The summed E-state index contributed by atoms with van der Waals surface area (Å²) in [7, 11) is -0.308. The van der Waals surface area contributed by atoms with E-state index in [-0.39, 0.29) is 13.4 Å². The van der Waals surface area contributed by atoms with Gasteiger partial charge in [-0.25, -0.2) is 0 Å². The van der Waals surface area contributed by atoms with Crippen LogP contribution in [-0.2, 0) is 22.4 Å². The summed E-state index contributed by atoms with van der Waals surface area (Å²) in [5.41, 5.74) is 3.50. The van der Waals surface area contributed by atoms with E-state index < -0.39 is 8.32 Å². The van der Waals surface area contributed by atoms with E-state index in [1.165, 1.54) is 0 Å². The van der Waals surface area contributed by atoms with Gasteiger partial charge in [0.2, 0.25) is 8.32 Å². The molecule has 0 aromatic heterocycles. The van der Waals surface area contributed by atoms with E-state index in [1.54, 1.807) is 7.11 Å². The summed E-state index contributed by atoms with van der Waals surface area (Å²) in [5, 5.41) is 9.58. The second kappa shape index (κ2) is 9.56. The van der Waals surface area contributed by atoms with Gasteiger partial charge in [0.05, 0.1) is 13.2 Å². The quantitative estimate of drug-likeness (QED) is 0.482. The van der Waals surface area contributed by atoms with Gasteiger partial charge in [-0.05, 0) is 34.3 Å². The van der Waals surface area contributed by atoms with Gasteiger partial charge in [-0.15, -0.1) is 0 Å². The number of hydrogen-bond donors (Lipinski definition) is 1. The van der Waals surface area contributed by atoms with E-state index in [4.69, 9.17) is 13.9 Å². The Morgan fingerprint density at radius 1 is 1.00 bits per heavy atom. The Balaban J connectivity index is 2.95. The van der Waals surface area contributed by atoms with Crippen LogP contribution >= 0.6 is 0 Å². The Morgan fingerprint density at radius 2 is 1.58 bits per heavy atom. The summed E-state index contributed by atoms with van der Waals surface area (Å²) in [4.78, 5) is 0. The first-order chi connectivity index (χ1) is 11.3. The molecule has 1 rings (SSSR count). The first kappa shape index (κ1) is 21.2. The molecule has 0 spiro atoms. The molecule has 0 amide bonds. The van der Waals surface area contributed by atoms with Crippen LogP contribution in [0.25, 0.3) is 0 Å². The predicted molar refractivity (Wildman–Crippen MR) is 101 cm³/mol. The summed E-state index contributed by atoms with van der Waals surface area (Å²) in [6, 6.07) is 5.85. The van der Waals surface area contributed by atoms with Crippen LogP contribution in [0, 0.1) is 0 Å². The van der Waals surface area contributed by atoms with E-state index in [1.807, 2.05) is 18.2 Å². The lowest BCUT2D eigenvalue weighted by atomic mass is 10.1. The van der Waals surface area contributed by atoms with E-state index >= 15 is 0 Å². The molecule has 0 saturated heterocycles. The van der Waals surface area contributed by atoms with Gasteiger partial charge in [-0.3, -0.25) is 0 Å². The molecule has 0 aliphatic heterocycles. The van der Waals surface area contributed by atoms with E-state index in [0.717, 1.165) is 11.1 Å². The summed E-state index contributed by atoms with van der Waals surface area (Å²) >= 11 is 0. The molecule has 24 heavy (non-hydrogen) atoms. The number of benzene rings is 1. The maximum atomic E-state index is 9.58. The zero-order valence-corrected chi connectivity index (χ0v) is 17.3. The average Bonchev–Trinajstić information content (AvgIpc) is 2.52. The molecule has 0 bridgehead atoms. The fraction of sp³-hybridized carbons (Fsp3) is 0.684. The van der Waals surface area contributed by atoms with Crippen LogP contribution < -0.4 is 4.74 Å². The van der Waals surface area contributed by atoms with Crippen molar-refractivity contribution in [1.29, 1.82) is 0 Å². The third-order valence-electron chi connectivity index (χ3n) is 4.82. The summed E-state index contributed by atoms with van der Waals surface area (Å²) in [6.07, 6.45) is 0. The third kappa shape index (κ3) is 4.82. The van der Waals surface area contributed by atoms with Crippen molar-refractivity contribution in [3.63, 3.8) is 0 Å². The summed E-state index contributed by atoms with van der Waals surface area (Å²) < 4.78 is 17.0. The van der Waals surface area contributed by atoms with Gasteiger partial charge in [0, 0.05) is 12.7 Å². The SMILES string of the molecule is COCOc1ccc(CO[Si](C(C)C)(C(C)C)C(C)C)cc1CO. The maximum Gasteiger partial charge on any atom is 0.200 e. The molecule has 0 radical (unpaired) electrons. The fourth-order valence-corrected chi connectivity index (χ4v) is 9.23. The number of hydrogen-bond acceptors (Lipinski definition) is 4. The van der Waals surface area contributed by atoms with Crippen molar-refractivity contribution in [3.05, 3.63) is 29.3 Å². The topological polar surface area (TPSA) is 47.9 Å². The monoisotopic (exact) mass is 354 g/mol. The molecule has 4 nitrogen and oxygen atoms in total. The first-order valence-corrected chi connectivity index (χ1v) is 10.9. The van der Waals surface area contributed by atoms with Crippen molar-refractivity contribution in [3.8, 4) is 5.75 Å². The van der Waals surface area contributed by atoms with Crippen LogP contribution in [0.1, 0.15) is 52.7 Å². The average molecular weight is 355 g/mol. The standard InChI is InChI=1S/C19H34O4Si/c1-14(2)24(15(3)4,16(5)6)23-12-17-8-9-19(22-13-21-7)18(10-17)11-20/h8-10,14-16,20H,11-13H2,1-7H3. The molecule has 0 aliphatic carbocycles. The maximum absolute atomic E-state index is 9.58. The van der Waals surface area contributed by atoms with E-state index in [0.29, 0.717) is 29.0 Å². The summed E-state index contributed by atoms with van der Waals surface area (Å²) in [6.45, 7) is 14.4. The Labute approximate surface area is 148 Å². The van der Waals surface area contributed by atoms with Crippen LogP contribution in [0.2, 0.25) is 16.6 Å². The fourth-order valence-electron chi connectivity index (χ4n) is 3.82. The van der Waals surface area contributed by atoms with Crippen molar-refractivity contribution in [2.45, 2.75) is 71.4 Å². The highest BCUT2D eigenvalue weighted by atomic mass is 28.4. The van der Waals surface area contributed by atoms with Gasteiger partial charge in [0.15, 0.2) is 6.79 Å². The molecular weight excluding hydrogens is 320 g/mol. The van der Waals surface area contributed by atoms with Gasteiger partial charge >= 0.3 is 0 Å². The number of aliphatic hydroxyl groups excluding tert-OH is 1. The lowest BCUT2D eigenvalue weighted by Crippen LogP contribution is -2.47. The van der Waals surface area contributed by atoms with Gasteiger partial charge in [0.1, 0.15) is 5.75 Å². The zero-order valence-electron chi connectivity index (χ0n) is 16.3. The number of methoxy groups -OCH3 is 1. The molecule has 1 N–H and O–H groups in total. The zero-order chi connectivity index (χ0) is 18.3. The van der Waals surface area contributed by atoms with Crippen LogP contribution in [0.5, 0.6) is 5.75 Å². The van der Waals surface area contributed by atoms with E-state index in [2.05, 4.69) is 41.5 Å². The van der Waals surface area contributed by atoms with Crippen LogP contribution in [0.4, 0.5) is 0 Å². The largest absolute Gasteiger partial charge is 0.467 e. The van der Waals surface area contributed by atoms with Crippen LogP contribution in [-0.4, -0.2) is 27.3 Å². The predicted octanol–water partition coefficient (Wildman–Crippen LogP) is 4.85. The first-order valence-electron chi connectivity index (χ1n) is 8.77. The van der Waals surface area contributed by atoms with Gasteiger partial charge < -0.3 is 19.0 Å². The molecule has 0 heterocycles. The van der Waals surface area contributed by atoms with E-state index in [9.17, 15) is 5.11 Å². The normalized spacial score (nSPS) is 12.5. The van der Waals surface area contributed by atoms with Gasteiger partial charge in [-0.2, -0.15) is 0 Å². The molecule has 1 aromatic rings. The lowest BCUT2D eigenvalue weighted by Gasteiger charge is -2.42. The molecule has 1 aromatic carbocycles. The Hall–Kier alpha value is -0.883. The van der Waals surface area contributed by atoms with Crippen molar-refractivity contribution in [2.24, 2.45) is 0 Å². The Bertz CT molecular complexity index is 478. The molecule has 0 aliphatic rings. The second-order valence-corrected chi connectivity index (χ2v) is 12.7. The minimum absolute atomic E-state index is 0.0615. The molecule has 138 valence electrons. The lowest BCUT2D eigenvalue weighted by molar-refractivity contribution is 0.0495. The third-order valence-corrected chi connectivity index (χ3v) is 10.9. The highest BCUT2D eigenvalue weighted by Gasteiger charge is 2.44. The summed E-state index contributed by atoms with van der Waals surface area (Å²) in [5.74, 6) is 0.656. The van der Waals surface area contributed by atoms with Gasteiger partial charge in [-0.1, -0.05) is 47.6 Å². The molecule has 0 atom stereocenters. The highest BCUT2D eigenvalue weighted by Crippen LogP contribution is 2.42. The molecule has 5 heteroatoms. The minimum Gasteiger partial charge on any atom is -0.467 e. The van der Waals surface area contributed by atoms with Crippen LogP contribution in [0.15, 0.2) is 18.2 Å². The molecule has 0 fully saturated rings. The Kier molecular flexibility index (Phi) is 8.43. The number of rotatable bonds is 10. The Morgan fingerprint density at radius 3 is 2.04 bits per heavy atom. The molecular formula is C19H34O4Si. The van der Waals surface area contributed by atoms with Crippen molar-refractivity contribution in [1.82, 2.24) is 0 Å². The van der Waals surface area contributed by atoms with Crippen molar-refractivity contribution >= 4 is 8.32 Å². The number of ether oxygens (including phenoxy) is 2. The number of aliphatic hydroxyl groups is 1. The smallest absolute Gasteiger partial charge is 0.200 e. The minimum atomic E-state index is -1.89. The van der Waals surface area contributed by atoms with Crippen LogP contribution in [0.3, 0.4) is 0 Å². The van der Waals surface area contributed by atoms with Crippen molar-refractivity contribution < 1.29 is 19.0 Å². The van der Waals surface area contributed by atoms with Gasteiger partial charge in [0.25, 0.3) is 0 Å². The molecule has 0 saturated carbocycles. The molecule has 0 unspecified atom stereocenters. The highest BCUT2D eigenvalue weighted by molar-refractivity contribution is 6.77. The van der Waals surface area contributed by atoms with Crippen molar-refractivity contribution in [2.75, 3.05) is 13.9 Å². The second-order valence-electron chi connectivity index (χ2n) is 7.26.